The Morgan fingerprint density at radius 3 is 2.84 bits per heavy atom. The summed E-state index contributed by atoms with van der Waals surface area (Å²) >= 11 is 1.56. The number of benzene rings is 1. The first-order chi connectivity index (χ1) is 12.0. The Hall–Kier alpha value is -1.74. The second kappa shape index (κ2) is 6.21. The molecule has 6 nitrogen and oxygen atoms in total. The van der Waals surface area contributed by atoms with Crippen LogP contribution in [0.2, 0.25) is 0 Å². The van der Waals surface area contributed by atoms with Crippen LogP contribution in [-0.2, 0) is 21.4 Å². The van der Waals surface area contributed by atoms with Crippen molar-refractivity contribution < 1.29 is 23.1 Å². The second-order valence-corrected chi connectivity index (χ2v) is 9.04. The summed E-state index contributed by atoms with van der Waals surface area (Å²) < 4.78 is 32.4. The predicted molar refractivity (Wildman–Crippen MR) is 92.0 cm³/mol. The van der Waals surface area contributed by atoms with Crippen molar-refractivity contribution in [3.63, 3.8) is 0 Å². The van der Waals surface area contributed by atoms with E-state index in [0.717, 1.165) is 5.56 Å². The monoisotopic (exact) mass is 379 g/mol. The Kier molecular flexibility index (Phi) is 4.15. The molecule has 0 bridgehead atoms. The first kappa shape index (κ1) is 16.7. The summed E-state index contributed by atoms with van der Waals surface area (Å²) in [5.41, 5.74) is 2.07. The average Bonchev–Trinajstić information content (AvgIpc) is 3.34. The number of ether oxygens (including phenoxy) is 1. The van der Waals surface area contributed by atoms with Gasteiger partial charge in [-0.15, -0.1) is 0 Å². The molecule has 1 fully saturated rings. The van der Waals surface area contributed by atoms with Gasteiger partial charge in [0.05, 0.1) is 10.5 Å². The topological polar surface area (TPSA) is 83.9 Å². The Labute approximate surface area is 149 Å². The van der Waals surface area contributed by atoms with Gasteiger partial charge in [-0.25, -0.2) is 13.2 Å². The van der Waals surface area contributed by atoms with E-state index in [2.05, 4.69) is 0 Å². The van der Waals surface area contributed by atoms with Crippen molar-refractivity contribution in [1.29, 1.82) is 0 Å². The fourth-order valence-corrected chi connectivity index (χ4v) is 5.75. The first-order valence-corrected chi connectivity index (χ1v) is 10.3. The normalized spacial score (nSPS) is 23.6. The minimum Gasteiger partial charge on any atom is -0.457 e. The third-order valence-electron chi connectivity index (χ3n) is 4.91. The molecule has 0 unspecified atom stereocenters. The van der Waals surface area contributed by atoms with Gasteiger partial charge in [0.2, 0.25) is 10.0 Å². The van der Waals surface area contributed by atoms with Crippen molar-refractivity contribution in [2.75, 3.05) is 19.7 Å². The molecule has 0 radical (unpaired) electrons. The Morgan fingerprint density at radius 2 is 2.12 bits per heavy atom. The third kappa shape index (κ3) is 2.79. The molecule has 8 heteroatoms. The molecule has 1 aromatic carbocycles. The molecule has 0 amide bonds. The number of carbonyl (C=O) groups excluding carboxylic acids is 1. The second-order valence-electron chi connectivity index (χ2n) is 6.32. The number of hydrogen-bond donors (Lipinski definition) is 1. The fourth-order valence-electron chi connectivity index (χ4n) is 3.48. The number of hydrogen-bond acceptors (Lipinski definition) is 6. The molecule has 25 heavy (non-hydrogen) atoms. The van der Waals surface area contributed by atoms with Crippen LogP contribution < -0.4 is 0 Å². The molecule has 3 heterocycles. The van der Waals surface area contributed by atoms with Gasteiger partial charge in [-0.3, -0.25) is 0 Å². The van der Waals surface area contributed by atoms with Crippen molar-refractivity contribution in [3.05, 3.63) is 51.7 Å². The highest BCUT2D eigenvalue weighted by Crippen LogP contribution is 2.36. The van der Waals surface area contributed by atoms with Gasteiger partial charge in [0, 0.05) is 37.1 Å². The zero-order valence-corrected chi connectivity index (χ0v) is 14.9. The van der Waals surface area contributed by atoms with Gasteiger partial charge < -0.3 is 9.84 Å². The number of nitrogens with zero attached hydrogens (tertiary/aromatic N) is 1. The lowest BCUT2D eigenvalue weighted by Gasteiger charge is -2.16. The van der Waals surface area contributed by atoms with Crippen LogP contribution in [0.3, 0.4) is 0 Å². The van der Waals surface area contributed by atoms with Crippen LogP contribution in [0.25, 0.3) is 0 Å². The van der Waals surface area contributed by atoms with Crippen LogP contribution in [0, 0.1) is 5.92 Å². The summed E-state index contributed by atoms with van der Waals surface area (Å²) in [4.78, 5) is 11.8. The molecule has 1 N–H and O–H groups in total. The zero-order chi connectivity index (χ0) is 17.6. The lowest BCUT2D eigenvalue weighted by Crippen LogP contribution is -2.29. The van der Waals surface area contributed by atoms with E-state index < -0.39 is 16.0 Å². The van der Waals surface area contributed by atoms with Crippen LogP contribution in [0.1, 0.15) is 27.4 Å². The van der Waals surface area contributed by atoms with Crippen LogP contribution >= 0.6 is 11.3 Å². The Bertz CT molecular complexity index is 907. The molecule has 1 saturated heterocycles. The lowest BCUT2D eigenvalue weighted by molar-refractivity contribution is 0.0535. The summed E-state index contributed by atoms with van der Waals surface area (Å²) in [6.45, 7) is 0.709. The molecule has 2 aromatic rings. The van der Waals surface area contributed by atoms with Crippen molar-refractivity contribution in [2.24, 2.45) is 5.92 Å². The van der Waals surface area contributed by atoms with Gasteiger partial charge in [-0.2, -0.15) is 15.6 Å². The molecule has 1 aromatic heterocycles. The number of carbonyl (C=O) groups is 1. The molecule has 0 saturated carbocycles. The SMILES string of the molecule is O=C1OCc2ccc(S(=O)(=O)N3C[C@@H](CO)[C@@H](c4ccsc4)C3)cc21. The van der Waals surface area contributed by atoms with E-state index >= 15 is 0 Å². The van der Waals surface area contributed by atoms with E-state index in [4.69, 9.17) is 4.74 Å². The van der Waals surface area contributed by atoms with E-state index in [1.807, 2.05) is 16.8 Å². The van der Waals surface area contributed by atoms with Crippen LogP contribution in [0.15, 0.2) is 39.9 Å². The summed E-state index contributed by atoms with van der Waals surface area (Å²) in [7, 11) is -3.73. The van der Waals surface area contributed by atoms with E-state index in [9.17, 15) is 18.3 Å². The Balaban J connectivity index is 1.65. The minimum absolute atomic E-state index is 0.0228. The number of aliphatic hydroxyl groups is 1. The zero-order valence-electron chi connectivity index (χ0n) is 13.3. The van der Waals surface area contributed by atoms with Crippen LogP contribution in [0.4, 0.5) is 0 Å². The standard InChI is InChI=1S/C17H17NO5S2/c19-8-13-6-18(7-16(13)12-3-4-24-10-12)25(21,22)14-2-1-11-9-23-17(20)15(11)5-14/h1-5,10,13,16,19H,6-9H2/t13-,16+/m0/s1. The number of aliphatic hydroxyl groups excluding tert-OH is 1. The van der Waals surface area contributed by atoms with Crippen molar-refractivity contribution in [1.82, 2.24) is 4.31 Å². The number of rotatable bonds is 4. The molecule has 132 valence electrons. The van der Waals surface area contributed by atoms with E-state index in [0.29, 0.717) is 17.7 Å². The van der Waals surface area contributed by atoms with Crippen molar-refractivity contribution in [3.8, 4) is 0 Å². The smallest absolute Gasteiger partial charge is 0.338 e. The van der Waals surface area contributed by atoms with Crippen molar-refractivity contribution in [2.45, 2.75) is 17.4 Å². The molecule has 2 aliphatic rings. The largest absolute Gasteiger partial charge is 0.457 e. The maximum Gasteiger partial charge on any atom is 0.338 e. The number of cyclic esters (lactones) is 1. The quantitative estimate of drug-likeness (QED) is 0.819. The molecule has 4 rings (SSSR count). The molecule has 2 atom stereocenters. The van der Waals surface area contributed by atoms with Gasteiger partial charge in [-0.1, -0.05) is 6.07 Å². The Morgan fingerprint density at radius 1 is 1.28 bits per heavy atom. The van der Waals surface area contributed by atoms with Gasteiger partial charge in [0.15, 0.2) is 0 Å². The molecule has 2 aliphatic heterocycles. The number of fused-ring (bicyclic) bond motifs is 1. The number of thiophene rings is 1. The average molecular weight is 379 g/mol. The highest BCUT2D eigenvalue weighted by molar-refractivity contribution is 7.89. The third-order valence-corrected chi connectivity index (χ3v) is 7.44. The maximum atomic E-state index is 13.0. The van der Waals surface area contributed by atoms with Gasteiger partial charge in [0.25, 0.3) is 0 Å². The highest BCUT2D eigenvalue weighted by Gasteiger charge is 2.40. The molecular formula is C17H17NO5S2. The van der Waals surface area contributed by atoms with Gasteiger partial charge in [0.1, 0.15) is 6.61 Å². The maximum absolute atomic E-state index is 13.0. The molecular weight excluding hydrogens is 362 g/mol. The lowest BCUT2D eigenvalue weighted by atomic mass is 9.92. The molecule has 0 aliphatic carbocycles. The minimum atomic E-state index is -3.73. The van der Waals surface area contributed by atoms with E-state index in [1.165, 1.54) is 16.4 Å². The summed E-state index contributed by atoms with van der Waals surface area (Å²) in [6.07, 6.45) is 0. The fraction of sp³-hybridized carbons (Fsp3) is 0.353. The van der Waals surface area contributed by atoms with Gasteiger partial charge in [-0.05, 0) is 34.5 Å². The molecule has 0 spiro atoms. The summed E-state index contributed by atoms with van der Waals surface area (Å²) in [6, 6.07) is 6.51. The van der Waals surface area contributed by atoms with E-state index in [1.54, 1.807) is 17.4 Å². The van der Waals surface area contributed by atoms with Crippen LogP contribution in [0.5, 0.6) is 0 Å². The van der Waals surface area contributed by atoms with Crippen LogP contribution in [-0.4, -0.2) is 43.5 Å². The summed E-state index contributed by atoms with van der Waals surface area (Å²) in [5.74, 6) is -0.646. The number of sulfonamides is 1. The van der Waals surface area contributed by atoms with E-state index in [-0.39, 0.29) is 36.5 Å². The first-order valence-electron chi connectivity index (χ1n) is 7.94. The van der Waals surface area contributed by atoms with Crippen molar-refractivity contribution >= 4 is 27.3 Å². The predicted octanol–water partition coefficient (Wildman–Crippen LogP) is 1.82. The van der Waals surface area contributed by atoms with Gasteiger partial charge >= 0.3 is 5.97 Å². The summed E-state index contributed by atoms with van der Waals surface area (Å²) in [5, 5.41) is 13.6. The number of esters is 1. The highest BCUT2D eigenvalue weighted by atomic mass is 32.2.